The summed E-state index contributed by atoms with van der Waals surface area (Å²) in [6.45, 7) is 12.4. The quantitative estimate of drug-likeness (QED) is 0.813. The Morgan fingerprint density at radius 3 is 1.65 bits per heavy atom. The van der Waals surface area contributed by atoms with Gasteiger partial charge in [0.05, 0.1) is 11.8 Å². The minimum atomic E-state index is -0.973. The Balaban J connectivity index is 3.31. The van der Waals surface area contributed by atoms with Crippen LogP contribution in [0.25, 0.3) is 0 Å². The van der Waals surface area contributed by atoms with Gasteiger partial charge in [0, 0.05) is 0 Å². The molecule has 1 saturated carbocycles. The van der Waals surface area contributed by atoms with Crippen LogP contribution in [0.4, 0.5) is 0 Å². The van der Waals surface area contributed by atoms with E-state index in [1.54, 1.807) is 0 Å². The van der Waals surface area contributed by atoms with Crippen molar-refractivity contribution in [3.63, 3.8) is 0 Å². The summed E-state index contributed by atoms with van der Waals surface area (Å²) in [5.41, 5.74) is -0.246. The third-order valence-electron chi connectivity index (χ3n) is 4.76. The minimum absolute atomic E-state index is 0.0187. The molecule has 0 radical (unpaired) electrons. The second-order valence-corrected chi connectivity index (χ2v) is 8.25. The molecule has 4 heteroatoms. The minimum Gasteiger partial charge on any atom is -0.481 e. The molecule has 1 aliphatic rings. The molecule has 4 atom stereocenters. The molecule has 20 heavy (non-hydrogen) atoms. The fourth-order valence-corrected chi connectivity index (χ4v) is 3.94. The van der Waals surface area contributed by atoms with Crippen molar-refractivity contribution in [2.45, 2.75) is 54.4 Å². The first kappa shape index (κ1) is 17.0. The molecule has 0 bridgehead atoms. The third-order valence-corrected chi connectivity index (χ3v) is 4.76. The van der Waals surface area contributed by atoms with Gasteiger partial charge in [0.1, 0.15) is 0 Å². The van der Waals surface area contributed by atoms with E-state index in [1.165, 1.54) is 0 Å². The van der Waals surface area contributed by atoms with E-state index in [0.29, 0.717) is 6.42 Å². The van der Waals surface area contributed by atoms with E-state index >= 15 is 0 Å². The van der Waals surface area contributed by atoms with Crippen molar-refractivity contribution in [1.29, 1.82) is 0 Å². The molecule has 0 aromatic carbocycles. The highest BCUT2D eigenvalue weighted by Crippen LogP contribution is 2.53. The molecule has 0 aromatic rings. The first-order chi connectivity index (χ1) is 8.87. The summed E-state index contributed by atoms with van der Waals surface area (Å²) in [5.74, 6) is -3.42. The lowest BCUT2D eigenvalue weighted by Crippen LogP contribution is -2.51. The highest BCUT2D eigenvalue weighted by atomic mass is 16.4. The Bertz CT molecular complexity index is 386. The van der Waals surface area contributed by atoms with Gasteiger partial charge in [-0.3, -0.25) is 9.59 Å². The van der Waals surface area contributed by atoms with E-state index in [4.69, 9.17) is 0 Å². The van der Waals surface area contributed by atoms with Crippen LogP contribution in [0.15, 0.2) is 0 Å². The molecule has 2 N–H and O–H groups in total. The van der Waals surface area contributed by atoms with Gasteiger partial charge < -0.3 is 10.2 Å². The largest absolute Gasteiger partial charge is 0.481 e. The van der Waals surface area contributed by atoms with E-state index in [0.717, 1.165) is 6.42 Å². The average molecular weight is 284 g/mol. The molecule has 0 saturated heterocycles. The van der Waals surface area contributed by atoms with Crippen LogP contribution in [-0.4, -0.2) is 22.2 Å². The molecule has 0 spiro atoms. The summed E-state index contributed by atoms with van der Waals surface area (Å²) >= 11 is 0. The van der Waals surface area contributed by atoms with Gasteiger partial charge in [-0.15, -0.1) is 0 Å². The van der Waals surface area contributed by atoms with E-state index in [-0.39, 0.29) is 22.7 Å². The maximum atomic E-state index is 11.7. The lowest BCUT2D eigenvalue weighted by Gasteiger charge is -2.51. The number of carboxylic acids is 2. The second kappa shape index (κ2) is 5.38. The van der Waals surface area contributed by atoms with Crippen molar-refractivity contribution in [2.75, 3.05) is 0 Å². The highest BCUT2D eigenvalue weighted by Gasteiger charge is 2.53. The van der Waals surface area contributed by atoms with Gasteiger partial charge in [-0.2, -0.15) is 0 Å². The molecule has 116 valence electrons. The van der Waals surface area contributed by atoms with E-state index in [9.17, 15) is 19.8 Å². The molecule has 0 aliphatic heterocycles. The van der Waals surface area contributed by atoms with Gasteiger partial charge in [0.25, 0.3) is 0 Å². The average Bonchev–Trinajstić information content (AvgIpc) is 2.24. The summed E-state index contributed by atoms with van der Waals surface area (Å²) in [6, 6.07) is 0. The van der Waals surface area contributed by atoms with Crippen LogP contribution in [0.2, 0.25) is 0 Å². The van der Waals surface area contributed by atoms with E-state index < -0.39 is 23.8 Å². The normalized spacial score (nSPS) is 31.9. The smallest absolute Gasteiger partial charge is 0.307 e. The summed E-state index contributed by atoms with van der Waals surface area (Å²) < 4.78 is 0. The van der Waals surface area contributed by atoms with Gasteiger partial charge in [-0.1, -0.05) is 41.5 Å². The van der Waals surface area contributed by atoms with Gasteiger partial charge >= 0.3 is 11.9 Å². The fraction of sp³-hybridized carbons (Fsp3) is 0.875. The number of aliphatic carboxylic acids is 2. The Labute approximate surface area is 121 Å². The van der Waals surface area contributed by atoms with Crippen LogP contribution in [0.5, 0.6) is 0 Å². The van der Waals surface area contributed by atoms with Crippen LogP contribution in [0.3, 0.4) is 0 Å². The molecule has 0 heterocycles. The predicted octanol–water partition coefficient (Wildman–Crippen LogP) is 3.51. The maximum absolute atomic E-state index is 11.7. The predicted molar refractivity (Wildman–Crippen MR) is 77.4 cm³/mol. The van der Waals surface area contributed by atoms with Crippen molar-refractivity contribution in [2.24, 2.45) is 34.5 Å². The zero-order chi connectivity index (χ0) is 15.9. The second-order valence-electron chi connectivity index (χ2n) is 8.25. The number of hydrogen-bond donors (Lipinski definition) is 2. The standard InChI is InChI=1S/C16H28O4/c1-15(2,3)10-8-7-9(13(17)18)11(14(19)20)12(10)16(4,5)6/h9-12H,7-8H2,1-6H3,(H,17,18)(H,19,20). The summed E-state index contributed by atoms with van der Waals surface area (Å²) in [7, 11) is 0. The van der Waals surface area contributed by atoms with Crippen LogP contribution < -0.4 is 0 Å². The zero-order valence-electron chi connectivity index (χ0n) is 13.4. The van der Waals surface area contributed by atoms with Gasteiger partial charge in [0.2, 0.25) is 0 Å². The highest BCUT2D eigenvalue weighted by molar-refractivity contribution is 5.80. The monoisotopic (exact) mass is 284 g/mol. The number of hydrogen-bond acceptors (Lipinski definition) is 2. The molecule has 1 fully saturated rings. The molecule has 4 unspecified atom stereocenters. The van der Waals surface area contributed by atoms with Crippen LogP contribution in [0, 0.1) is 34.5 Å². The van der Waals surface area contributed by atoms with Crippen LogP contribution in [-0.2, 0) is 9.59 Å². The van der Waals surface area contributed by atoms with Crippen molar-refractivity contribution < 1.29 is 19.8 Å². The lowest BCUT2D eigenvalue weighted by atomic mass is 9.53. The molecular formula is C16H28O4. The first-order valence-corrected chi connectivity index (χ1v) is 7.33. The van der Waals surface area contributed by atoms with Crippen molar-refractivity contribution >= 4 is 11.9 Å². The molecule has 4 nitrogen and oxygen atoms in total. The summed E-state index contributed by atoms with van der Waals surface area (Å²) in [4.78, 5) is 23.2. The molecule has 0 aromatic heterocycles. The number of carboxylic acid groups (broad SMARTS) is 2. The third kappa shape index (κ3) is 3.33. The topological polar surface area (TPSA) is 74.6 Å². The van der Waals surface area contributed by atoms with Gasteiger partial charge in [-0.05, 0) is 35.5 Å². The molecule has 1 aliphatic carbocycles. The van der Waals surface area contributed by atoms with Gasteiger partial charge in [0.15, 0.2) is 0 Å². The number of rotatable bonds is 2. The van der Waals surface area contributed by atoms with Crippen molar-refractivity contribution in [1.82, 2.24) is 0 Å². The van der Waals surface area contributed by atoms with Gasteiger partial charge in [-0.25, -0.2) is 0 Å². The Hall–Kier alpha value is -1.06. The zero-order valence-corrected chi connectivity index (χ0v) is 13.4. The summed E-state index contributed by atoms with van der Waals surface area (Å²) in [5, 5.41) is 19.0. The van der Waals surface area contributed by atoms with Crippen molar-refractivity contribution in [3.05, 3.63) is 0 Å². The molecule has 1 rings (SSSR count). The maximum Gasteiger partial charge on any atom is 0.307 e. The Morgan fingerprint density at radius 2 is 1.35 bits per heavy atom. The molecule has 0 amide bonds. The lowest BCUT2D eigenvalue weighted by molar-refractivity contribution is -0.166. The Morgan fingerprint density at radius 1 is 0.850 bits per heavy atom. The fourth-order valence-electron chi connectivity index (χ4n) is 3.94. The van der Waals surface area contributed by atoms with Crippen LogP contribution in [0.1, 0.15) is 54.4 Å². The van der Waals surface area contributed by atoms with Crippen molar-refractivity contribution in [3.8, 4) is 0 Å². The summed E-state index contributed by atoms with van der Waals surface area (Å²) in [6.07, 6.45) is 1.24. The SMILES string of the molecule is CC(C)(C)C1CCC(C(=O)O)C(C(=O)O)C1C(C)(C)C. The van der Waals surface area contributed by atoms with E-state index in [1.807, 2.05) is 20.8 Å². The first-order valence-electron chi connectivity index (χ1n) is 7.33. The molecular weight excluding hydrogens is 256 g/mol. The number of carbonyl (C=O) groups is 2. The Kier molecular flexibility index (Phi) is 4.57. The van der Waals surface area contributed by atoms with E-state index in [2.05, 4.69) is 20.8 Å². The van der Waals surface area contributed by atoms with Crippen LogP contribution >= 0.6 is 0 Å².